The molecule has 0 N–H and O–H groups in total. The van der Waals surface area contributed by atoms with E-state index in [4.69, 9.17) is 4.42 Å². The second kappa shape index (κ2) is 4.77. The third-order valence-corrected chi connectivity index (χ3v) is 3.23. The van der Waals surface area contributed by atoms with Crippen LogP contribution in [-0.4, -0.2) is 6.29 Å². The Morgan fingerprint density at radius 3 is 2.24 bits per heavy atom. The van der Waals surface area contributed by atoms with Crippen LogP contribution in [0.3, 0.4) is 0 Å². The number of para-hydroxylation sites is 1. The zero-order valence-electron chi connectivity index (χ0n) is 10.6. The Hall–Kier alpha value is -2.56. The molecule has 0 atom stereocenters. The Morgan fingerprint density at radius 2 is 1.62 bits per heavy atom. The van der Waals surface area contributed by atoms with Gasteiger partial charge in [-0.2, -0.15) is 13.2 Å². The van der Waals surface area contributed by atoms with E-state index in [-0.39, 0.29) is 5.76 Å². The van der Waals surface area contributed by atoms with Crippen LogP contribution in [0, 0.1) is 0 Å². The van der Waals surface area contributed by atoms with Crippen molar-refractivity contribution >= 4 is 17.3 Å². The van der Waals surface area contributed by atoms with Crippen molar-refractivity contribution in [2.24, 2.45) is 0 Å². The van der Waals surface area contributed by atoms with Crippen LogP contribution < -0.4 is 0 Å². The Kier molecular flexibility index (Phi) is 3.05. The van der Waals surface area contributed by atoms with Gasteiger partial charge in [0.15, 0.2) is 12.0 Å². The number of carbonyl (C=O) groups excluding carboxylic acids is 1. The molecule has 0 fully saturated rings. The lowest BCUT2D eigenvalue weighted by atomic mass is 10.0. The van der Waals surface area contributed by atoms with E-state index >= 15 is 0 Å². The highest BCUT2D eigenvalue weighted by atomic mass is 19.4. The molecule has 0 amide bonds. The Balaban J connectivity index is 2.18. The highest BCUT2D eigenvalue weighted by Crippen LogP contribution is 2.36. The fourth-order valence-electron chi connectivity index (χ4n) is 2.27. The van der Waals surface area contributed by atoms with Gasteiger partial charge in [0.05, 0.1) is 5.56 Å². The maximum Gasteiger partial charge on any atom is 0.416 e. The first-order valence-corrected chi connectivity index (χ1v) is 6.15. The molecule has 0 radical (unpaired) electrons. The van der Waals surface area contributed by atoms with Crippen molar-refractivity contribution < 1.29 is 22.4 Å². The number of fused-ring (bicyclic) bond motifs is 1. The molecule has 21 heavy (non-hydrogen) atoms. The number of furan rings is 1. The highest BCUT2D eigenvalue weighted by molar-refractivity contribution is 6.02. The van der Waals surface area contributed by atoms with Crippen LogP contribution in [0.2, 0.25) is 0 Å². The lowest BCUT2D eigenvalue weighted by Gasteiger charge is -2.07. The molecule has 3 aromatic rings. The summed E-state index contributed by atoms with van der Waals surface area (Å²) < 4.78 is 43.2. The van der Waals surface area contributed by atoms with E-state index in [2.05, 4.69) is 0 Å². The second-order valence-corrected chi connectivity index (χ2v) is 4.53. The van der Waals surface area contributed by atoms with Crippen molar-refractivity contribution in [1.29, 1.82) is 0 Å². The molecule has 0 spiro atoms. The third kappa shape index (κ3) is 2.31. The predicted molar refractivity (Wildman–Crippen MR) is 72.0 cm³/mol. The van der Waals surface area contributed by atoms with Crippen LogP contribution >= 0.6 is 0 Å². The quantitative estimate of drug-likeness (QED) is 0.626. The van der Waals surface area contributed by atoms with E-state index < -0.39 is 11.7 Å². The molecule has 5 heteroatoms. The number of benzene rings is 2. The molecule has 2 nitrogen and oxygen atoms in total. The number of carbonyl (C=O) groups is 1. The summed E-state index contributed by atoms with van der Waals surface area (Å²) in [5, 5.41) is 0.694. The minimum absolute atomic E-state index is 0.107. The average Bonchev–Trinajstić information content (AvgIpc) is 2.85. The van der Waals surface area contributed by atoms with E-state index in [9.17, 15) is 18.0 Å². The number of hydrogen-bond donors (Lipinski definition) is 0. The van der Waals surface area contributed by atoms with E-state index in [0.717, 1.165) is 12.1 Å². The molecule has 3 rings (SSSR count). The van der Waals surface area contributed by atoms with Gasteiger partial charge in [-0.1, -0.05) is 30.3 Å². The van der Waals surface area contributed by atoms with Gasteiger partial charge in [0.1, 0.15) is 5.58 Å². The molecule has 0 bridgehead atoms. The second-order valence-electron chi connectivity index (χ2n) is 4.53. The van der Waals surface area contributed by atoms with Crippen molar-refractivity contribution in [2.75, 3.05) is 0 Å². The van der Waals surface area contributed by atoms with Crippen LogP contribution in [0.4, 0.5) is 13.2 Å². The molecular weight excluding hydrogens is 281 g/mol. The van der Waals surface area contributed by atoms with Gasteiger partial charge in [0.2, 0.25) is 0 Å². The van der Waals surface area contributed by atoms with E-state index in [0.29, 0.717) is 28.4 Å². The lowest BCUT2D eigenvalue weighted by molar-refractivity contribution is -0.137. The summed E-state index contributed by atoms with van der Waals surface area (Å²) in [6.45, 7) is 0. The van der Waals surface area contributed by atoms with Crippen LogP contribution in [0.1, 0.15) is 16.1 Å². The van der Waals surface area contributed by atoms with Crippen LogP contribution in [0.5, 0.6) is 0 Å². The van der Waals surface area contributed by atoms with Crippen LogP contribution in [-0.2, 0) is 6.18 Å². The summed E-state index contributed by atoms with van der Waals surface area (Å²) in [4.78, 5) is 11.1. The zero-order valence-corrected chi connectivity index (χ0v) is 10.6. The summed E-state index contributed by atoms with van der Waals surface area (Å²) in [5.41, 5.74) is 0.811. The summed E-state index contributed by atoms with van der Waals surface area (Å²) in [5.74, 6) is 0.107. The molecule has 0 saturated carbocycles. The smallest absolute Gasteiger partial charge is 0.416 e. The first-order valence-electron chi connectivity index (χ1n) is 6.15. The van der Waals surface area contributed by atoms with E-state index in [1.165, 1.54) is 12.1 Å². The molecule has 1 heterocycles. The first kappa shape index (κ1) is 13.4. The topological polar surface area (TPSA) is 30.2 Å². The average molecular weight is 290 g/mol. The van der Waals surface area contributed by atoms with Crippen molar-refractivity contribution in [1.82, 2.24) is 0 Å². The summed E-state index contributed by atoms with van der Waals surface area (Å²) in [6.07, 6.45) is -3.82. The Labute approximate surface area is 117 Å². The minimum Gasteiger partial charge on any atom is -0.453 e. The van der Waals surface area contributed by atoms with Crippen LogP contribution in [0.15, 0.2) is 52.9 Å². The highest BCUT2D eigenvalue weighted by Gasteiger charge is 2.30. The van der Waals surface area contributed by atoms with Crippen molar-refractivity contribution in [3.8, 4) is 11.1 Å². The van der Waals surface area contributed by atoms with Crippen molar-refractivity contribution in [3.63, 3.8) is 0 Å². The van der Waals surface area contributed by atoms with Crippen molar-refractivity contribution in [2.45, 2.75) is 6.18 Å². The van der Waals surface area contributed by atoms with E-state index in [1.54, 1.807) is 24.3 Å². The molecule has 0 unspecified atom stereocenters. The predicted octanol–water partition coefficient (Wildman–Crippen LogP) is 4.93. The lowest BCUT2D eigenvalue weighted by Crippen LogP contribution is -2.04. The van der Waals surface area contributed by atoms with E-state index in [1.807, 2.05) is 0 Å². The number of alkyl halides is 3. The van der Waals surface area contributed by atoms with Crippen molar-refractivity contribution in [3.05, 3.63) is 59.9 Å². The number of hydrogen-bond acceptors (Lipinski definition) is 2. The number of halogens is 3. The first-order chi connectivity index (χ1) is 10.0. The van der Waals surface area contributed by atoms with Gasteiger partial charge in [-0.3, -0.25) is 4.79 Å². The van der Waals surface area contributed by atoms with Crippen LogP contribution in [0.25, 0.3) is 22.1 Å². The maximum atomic E-state index is 12.6. The summed E-state index contributed by atoms with van der Waals surface area (Å²) in [7, 11) is 0. The fourth-order valence-corrected chi connectivity index (χ4v) is 2.27. The molecule has 2 aromatic carbocycles. The SMILES string of the molecule is O=Cc1oc2ccccc2c1-c1ccc(C(F)(F)F)cc1. The van der Waals surface area contributed by atoms with Gasteiger partial charge in [0.25, 0.3) is 0 Å². The van der Waals surface area contributed by atoms with Gasteiger partial charge >= 0.3 is 6.18 Å². The monoisotopic (exact) mass is 290 g/mol. The third-order valence-electron chi connectivity index (χ3n) is 3.23. The minimum atomic E-state index is -4.38. The maximum absolute atomic E-state index is 12.6. The fraction of sp³-hybridized carbons (Fsp3) is 0.0625. The normalized spacial score (nSPS) is 11.8. The molecule has 0 aliphatic rings. The Bertz CT molecular complexity index is 798. The largest absolute Gasteiger partial charge is 0.453 e. The zero-order chi connectivity index (χ0) is 15.0. The van der Waals surface area contributed by atoms with Gasteiger partial charge < -0.3 is 4.42 Å². The Morgan fingerprint density at radius 1 is 0.952 bits per heavy atom. The molecule has 0 aliphatic heterocycles. The van der Waals surface area contributed by atoms with Gasteiger partial charge in [0, 0.05) is 10.9 Å². The number of aldehydes is 1. The van der Waals surface area contributed by atoms with Gasteiger partial charge in [-0.15, -0.1) is 0 Å². The van der Waals surface area contributed by atoms with Gasteiger partial charge in [-0.05, 0) is 23.8 Å². The standard InChI is InChI=1S/C16H9F3O2/c17-16(18,19)11-7-5-10(6-8-11)15-12-3-1-2-4-13(12)21-14(15)9-20/h1-9H. The molecule has 106 valence electrons. The molecule has 0 aliphatic carbocycles. The molecular formula is C16H9F3O2. The molecule has 1 aromatic heterocycles. The summed E-state index contributed by atoms with van der Waals surface area (Å²) in [6, 6.07) is 11.7. The molecule has 0 saturated heterocycles. The van der Waals surface area contributed by atoms with Gasteiger partial charge in [-0.25, -0.2) is 0 Å². The summed E-state index contributed by atoms with van der Waals surface area (Å²) >= 11 is 0. The number of rotatable bonds is 2.